The molecule has 1 fully saturated rings. The molecule has 1 aliphatic carbocycles. The van der Waals surface area contributed by atoms with Crippen LogP contribution in [0.1, 0.15) is 25.8 Å². The van der Waals surface area contributed by atoms with Crippen LogP contribution >= 0.6 is 11.6 Å². The normalized spacial score (nSPS) is 24.8. The molecule has 20 heavy (non-hydrogen) atoms. The van der Waals surface area contributed by atoms with Gasteiger partial charge in [-0.25, -0.2) is 13.1 Å². The third-order valence-electron chi connectivity index (χ3n) is 3.86. The van der Waals surface area contributed by atoms with Crippen LogP contribution in [0.5, 0.6) is 0 Å². The number of halogens is 1. The lowest BCUT2D eigenvalue weighted by Gasteiger charge is -2.49. The Morgan fingerprint density at radius 2 is 2.15 bits per heavy atom. The molecule has 0 amide bonds. The van der Waals surface area contributed by atoms with Crippen molar-refractivity contribution in [2.45, 2.75) is 37.3 Å². The van der Waals surface area contributed by atoms with Gasteiger partial charge in [0.1, 0.15) is 4.90 Å². The summed E-state index contributed by atoms with van der Waals surface area (Å²) < 4.78 is 27.2. The van der Waals surface area contributed by atoms with E-state index in [0.717, 1.165) is 0 Å². The van der Waals surface area contributed by atoms with Crippen LogP contribution in [-0.4, -0.2) is 25.7 Å². The van der Waals surface area contributed by atoms with Gasteiger partial charge < -0.3 is 5.11 Å². The molecule has 2 N–H and O–H groups in total. The average Bonchev–Trinajstić information content (AvgIpc) is 2.38. The Hall–Kier alpha value is -1.13. The molecule has 108 valence electrons. The van der Waals surface area contributed by atoms with Gasteiger partial charge in [-0.2, -0.15) is 5.26 Å². The fraction of sp³-hybridized carbons (Fsp3) is 0.462. The van der Waals surface area contributed by atoms with Crippen LogP contribution in [0.4, 0.5) is 0 Å². The lowest BCUT2D eigenvalue weighted by Crippen LogP contribution is -2.61. The molecular formula is C13H15ClN2O3S. The zero-order chi connectivity index (χ0) is 15.1. The molecule has 2 unspecified atom stereocenters. The van der Waals surface area contributed by atoms with E-state index in [-0.39, 0.29) is 21.5 Å². The van der Waals surface area contributed by atoms with Crippen molar-refractivity contribution < 1.29 is 13.5 Å². The lowest BCUT2D eigenvalue weighted by molar-refractivity contribution is -0.0645. The van der Waals surface area contributed by atoms with Gasteiger partial charge in [-0.1, -0.05) is 25.4 Å². The fourth-order valence-corrected chi connectivity index (χ4v) is 4.06. The zero-order valence-electron chi connectivity index (χ0n) is 11.1. The number of rotatable bonds is 3. The van der Waals surface area contributed by atoms with Gasteiger partial charge in [-0.3, -0.25) is 0 Å². The first kappa shape index (κ1) is 15.3. The predicted molar refractivity (Wildman–Crippen MR) is 74.7 cm³/mol. The number of benzene rings is 1. The van der Waals surface area contributed by atoms with E-state index in [1.807, 2.05) is 6.07 Å². The smallest absolute Gasteiger partial charge is 0.242 e. The van der Waals surface area contributed by atoms with Crippen LogP contribution in [0.2, 0.25) is 5.02 Å². The van der Waals surface area contributed by atoms with Gasteiger partial charge in [0.2, 0.25) is 10.0 Å². The molecule has 7 heteroatoms. The van der Waals surface area contributed by atoms with Crippen LogP contribution in [0, 0.1) is 16.7 Å². The van der Waals surface area contributed by atoms with Crippen LogP contribution in [0.25, 0.3) is 0 Å². The lowest BCUT2D eigenvalue weighted by atomic mass is 9.65. The average molecular weight is 315 g/mol. The molecular weight excluding hydrogens is 300 g/mol. The number of nitrogens with one attached hydrogen (secondary N) is 1. The zero-order valence-corrected chi connectivity index (χ0v) is 12.7. The number of nitriles is 1. The van der Waals surface area contributed by atoms with Crippen LogP contribution in [-0.2, 0) is 10.0 Å². The molecule has 1 aromatic carbocycles. The highest BCUT2D eigenvalue weighted by atomic mass is 35.5. The first-order chi connectivity index (χ1) is 9.18. The molecule has 0 spiro atoms. The maximum absolute atomic E-state index is 12.3. The van der Waals surface area contributed by atoms with Crippen molar-refractivity contribution in [3.8, 4) is 6.07 Å². The van der Waals surface area contributed by atoms with E-state index in [2.05, 4.69) is 4.72 Å². The minimum Gasteiger partial charge on any atom is -0.392 e. The molecule has 1 saturated carbocycles. The Bertz CT molecular complexity index is 679. The number of hydrogen-bond acceptors (Lipinski definition) is 4. The van der Waals surface area contributed by atoms with E-state index in [0.29, 0.717) is 6.42 Å². The first-order valence-electron chi connectivity index (χ1n) is 6.08. The molecule has 2 atom stereocenters. The third-order valence-corrected chi connectivity index (χ3v) is 5.82. The maximum Gasteiger partial charge on any atom is 0.242 e. The van der Waals surface area contributed by atoms with Crippen molar-refractivity contribution in [2.24, 2.45) is 5.41 Å². The quantitative estimate of drug-likeness (QED) is 0.887. The van der Waals surface area contributed by atoms with Gasteiger partial charge in [0.15, 0.2) is 0 Å². The van der Waals surface area contributed by atoms with Crippen molar-refractivity contribution in [3.05, 3.63) is 28.8 Å². The number of aliphatic hydroxyl groups excluding tert-OH is 1. The number of sulfonamides is 1. The second kappa shape index (κ2) is 5.01. The number of nitrogens with zero attached hydrogens (tertiary/aromatic N) is 1. The molecule has 1 aliphatic rings. The van der Waals surface area contributed by atoms with Crippen molar-refractivity contribution in [1.82, 2.24) is 4.72 Å². The highest BCUT2D eigenvalue weighted by Gasteiger charge is 2.49. The third kappa shape index (κ3) is 2.54. The summed E-state index contributed by atoms with van der Waals surface area (Å²) in [6.07, 6.45) is -0.168. The van der Waals surface area contributed by atoms with Gasteiger partial charge in [0, 0.05) is 11.5 Å². The summed E-state index contributed by atoms with van der Waals surface area (Å²) in [4.78, 5) is -0.115. The van der Waals surface area contributed by atoms with E-state index >= 15 is 0 Å². The second-order valence-corrected chi connectivity index (χ2v) is 7.59. The summed E-state index contributed by atoms with van der Waals surface area (Å²) in [5.74, 6) is 0. The van der Waals surface area contributed by atoms with Crippen molar-refractivity contribution in [1.29, 1.82) is 5.26 Å². The van der Waals surface area contributed by atoms with E-state index < -0.39 is 21.5 Å². The Balaban J connectivity index is 2.31. The first-order valence-corrected chi connectivity index (χ1v) is 7.94. The molecule has 0 saturated heterocycles. The molecule has 5 nitrogen and oxygen atoms in total. The van der Waals surface area contributed by atoms with E-state index in [1.54, 1.807) is 13.8 Å². The standard InChI is InChI=1S/C13H15ClN2O3S/c1-13(2)11(6-12(13)17)16-20(18,19)10-5-8(7-15)3-4-9(10)14/h3-5,11-12,16-17H,6H2,1-2H3. The number of hydrogen-bond donors (Lipinski definition) is 2. The SMILES string of the molecule is CC1(C)C(O)CC1NS(=O)(=O)c1cc(C#N)ccc1Cl. The van der Waals surface area contributed by atoms with E-state index in [9.17, 15) is 13.5 Å². The van der Waals surface area contributed by atoms with Crippen LogP contribution in [0.3, 0.4) is 0 Å². The van der Waals surface area contributed by atoms with Gasteiger partial charge >= 0.3 is 0 Å². The fourth-order valence-electron chi connectivity index (χ4n) is 2.13. The summed E-state index contributed by atoms with van der Waals surface area (Å²) in [5.41, 5.74) is -0.297. The Kier molecular flexibility index (Phi) is 3.82. The molecule has 2 rings (SSSR count). The Morgan fingerprint density at radius 1 is 1.50 bits per heavy atom. The number of aliphatic hydroxyl groups is 1. The minimum atomic E-state index is -3.82. The monoisotopic (exact) mass is 314 g/mol. The molecule has 1 aromatic rings. The Labute approximate surface area is 123 Å². The summed E-state index contributed by atoms with van der Waals surface area (Å²) in [6.45, 7) is 3.59. The van der Waals surface area contributed by atoms with Gasteiger partial charge in [0.05, 0.1) is 22.8 Å². The van der Waals surface area contributed by atoms with E-state index in [1.165, 1.54) is 18.2 Å². The largest absolute Gasteiger partial charge is 0.392 e. The van der Waals surface area contributed by atoms with Crippen molar-refractivity contribution in [2.75, 3.05) is 0 Å². The van der Waals surface area contributed by atoms with Crippen LogP contribution in [0.15, 0.2) is 23.1 Å². The van der Waals surface area contributed by atoms with E-state index in [4.69, 9.17) is 16.9 Å². The molecule has 0 aliphatic heterocycles. The summed E-state index contributed by atoms with van der Waals surface area (Å²) in [5, 5.41) is 18.5. The minimum absolute atomic E-state index is 0.0641. The molecule has 0 heterocycles. The Morgan fingerprint density at radius 3 is 2.65 bits per heavy atom. The van der Waals surface area contributed by atoms with Crippen LogP contribution < -0.4 is 4.72 Å². The molecule has 0 radical (unpaired) electrons. The second-order valence-electron chi connectivity index (χ2n) is 5.50. The highest BCUT2D eigenvalue weighted by Crippen LogP contribution is 2.41. The summed E-state index contributed by atoms with van der Waals surface area (Å²) in [7, 11) is -3.82. The summed E-state index contributed by atoms with van der Waals surface area (Å²) in [6, 6.07) is 5.61. The topological polar surface area (TPSA) is 90.2 Å². The summed E-state index contributed by atoms with van der Waals surface area (Å²) >= 11 is 5.90. The van der Waals surface area contributed by atoms with Crippen molar-refractivity contribution in [3.63, 3.8) is 0 Å². The molecule has 0 bridgehead atoms. The van der Waals surface area contributed by atoms with Gasteiger partial charge in [-0.05, 0) is 24.6 Å². The highest BCUT2D eigenvalue weighted by molar-refractivity contribution is 7.89. The predicted octanol–water partition coefficient (Wildman–Crippen LogP) is 1.65. The van der Waals surface area contributed by atoms with Crippen molar-refractivity contribution >= 4 is 21.6 Å². The van der Waals surface area contributed by atoms with Gasteiger partial charge in [-0.15, -0.1) is 0 Å². The molecule has 0 aromatic heterocycles. The maximum atomic E-state index is 12.3. The van der Waals surface area contributed by atoms with Gasteiger partial charge in [0.25, 0.3) is 0 Å².